The standard InChI is InChI=1S/C15H20N2O4/c1-2-20-15(19)13-7-4-8-17(13)14(18)10-21-12-6-3-5-11(16)9-12/h3,5-6,9,13H,2,4,7-8,10,16H2,1H3. The minimum absolute atomic E-state index is 0.112. The van der Waals surface area contributed by atoms with E-state index in [9.17, 15) is 9.59 Å². The molecular weight excluding hydrogens is 272 g/mol. The molecule has 0 radical (unpaired) electrons. The highest BCUT2D eigenvalue weighted by Gasteiger charge is 2.35. The lowest BCUT2D eigenvalue weighted by Crippen LogP contribution is -2.43. The van der Waals surface area contributed by atoms with Gasteiger partial charge < -0.3 is 20.1 Å². The third-order valence-electron chi connectivity index (χ3n) is 3.35. The summed E-state index contributed by atoms with van der Waals surface area (Å²) < 4.78 is 10.4. The van der Waals surface area contributed by atoms with Gasteiger partial charge >= 0.3 is 5.97 Å². The molecule has 0 spiro atoms. The first-order chi connectivity index (χ1) is 10.1. The van der Waals surface area contributed by atoms with E-state index in [-0.39, 0.29) is 18.5 Å². The van der Waals surface area contributed by atoms with E-state index in [0.29, 0.717) is 31.0 Å². The highest BCUT2D eigenvalue weighted by Crippen LogP contribution is 2.20. The number of benzene rings is 1. The number of nitrogen functional groups attached to an aromatic ring is 1. The molecule has 1 aromatic carbocycles. The van der Waals surface area contributed by atoms with Crippen molar-refractivity contribution < 1.29 is 19.1 Å². The summed E-state index contributed by atoms with van der Waals surface area (Å²) >= 11 is 0. The van der Waals surface area contributed by atoms with Crippen LogP contribution in [0.4, 0.5) is 5.69 Å². The molecule has 1 aliphatic heterocycles. The molecular formula is C15H20N2O4. The maximum absolute atomic E-state index is 12.2. The van der Waals surface area contributed by atoms with Gasteiger partial charge in [0.2, 0.25) is 0 Å². The topological polar surface area (TPSA) is 81.9 Å². The predicted octanol–water partition coefficient (Wildman–Crippen LogP) is 1.20. The van der Waals surface area contributed by atoms with Crippen molar-refractivity contribution in [1.29, 1.82) is 0 Å². The number of ether oxygens (including phenoxy) is 2. The van der Waals surface area contributed by atoms with Gasteiger partial charge in [-0.2, -0.15) is 0 Å². The molecule has 6 heteroatoms. The zero-order valence-electron chi connectivity index (χ0n) is 12.1. The number of nitrogens with two attached hydrogens (primary N) is 1. The summed E-state index contributed by atoms with van der Waals surface area (Å²) in [6.07, 6.45) is 1.44. The van der Waals surface area contributed by atoms with Crippen molar-refractivity contribution in [3.63, 3.8) is 0 Å². The van der Waals surface area contributed by atoms with Crippen LogP contribution >= 0.6 is 0 Å². The van der Waals surface area contributed by atoms with E-state index in [1.807, 2.05) is 0 Å². The van der Waals surface area contributed by atoms with Crippen molar-refractivity contribution in [2.45, 2.75) is 25.8 Å². The first-order valence-electron chi connectivity index (χ1n) is 7.06. The largest absolute Gasteiger partial charge is 0.484 e. The van der Waals surface area contributed by atoms with Crippen LogP contribution in [0.15, 0.2) is 24.3 Å². The van der Waals surface area contributed by atoms with E-state index in [2.05, 4.69) is 0 Å². The van der Waals surface area contributed by atoms with Crippen LogP contribution in [0.25, 0.3) is 0 Å². The molecule has 1 heterocycles. The molecule has 1 unspecified atom stereocenters. The molecule has 1 aliphatic rings. The maximum atomic E-state index is 12.2. The second-order valence-corrected chi connectivity index (χ2v) is 4.86. The van der Waals surface area contributed by atoms with E-state index in [1.165, 1.54) is 4.90 Å². The Balaban J connectivity index is 1.91. The molecule has 114 valence electrons. The fourth-order valence-electron chi connectivity index (χ4n) is 2.38. The van der Waals surface area contributed by atoms with Crippen molar-refractivity contribution in [3.8, 4) is 5.75 Å². The Morgan fingerprint density at radius 1 is 1.43 bits per heavy atom. The molecule has 0 bridgehead atoms. The molecule has 1 fully saturated rings. The number of nitrogens with zero attached hydrogens (tertiary/aromatic N) is 1. The van der Waals surface area contributed by atoms with Gasteiger partial charge in [-0.25, -0.2) is 4.79 Å². The number of hydrogen-bond acceptors (Lipinski definition) is 5. The molecule has 0 aliphatic carbocycles. The summed E-state index contributed by atoms with van der Waals surface area (Å²) in [5, 5.41) is 0. The molecule has 1 aromatic rings. The number of anilines is 1. The molecule has 1 amide bonds. The predicted molar refractivity (Wildman–Crippen MR) is 77.7 cm³/mol. The normalized spacial score (nSPS) is 17.6. The summed E-state index contributed by atoms with van der Waals surface area (Å²) in [6, 6.07) is 6.40. The van der Waals surface area contributed by atoms with Gasteiger partial charge in [-0.3, -0.25) is 4.79 Å². The van der Waals surface area contributed by atoms with Crippen LogP contribution in [0.3, 0.4) is 0 Å². The molecule has 2 rings (SSSR count). The lowest BCUT2D eigenvalue weighted by molar-refractivity contribution is -0.153. The van der Waals surface area contributed by atoms with E-state index < -0.39 is 6.04 Å². The van der Waals surface area contributed by atoms with Crippen LogP contribution in [0.2, 0.25) is 0 Å². The second kappa shape index (κ2) is 6.97. The molecule has 1 saturated heterocycles. The first-order valence-corrected chi connectivity index (χ1v) is 7.06. The second-order valence-electron chi connectivity index (χ2n) is 4.86. The zero-order valence-corrected chi connectivity index (χ0v) is 12.1. The van der Waals surface area contributed by atoms with Gasteiger partial charge in [0.1, 0.15) is 11.8 Å². The quantitative estimate of drug-likeness (QED) is 0.651. The van der Waals surface area contributed by atoms with Crippen LogP contribution in [-0.4, -0.2) is 42.6 Å². The van der Waals surface area contributed by atoms with Gasteiger partial charge in [0, 0.05) is 18.3 Å². The van der Waals surface area contributed by atoms with Crippen molar-refractivity contribution in [3.05, 3.63) is 24.3 Å². The van der Waals surface area contributed by atoms with Crippen molar-refractivity contribution >= 4 is 17.6 Å². The number of carbonyl (C=O) groups is 2. The van der Waals surface area contributed by atoms with Crippen molar-refractivity contribution in [2.24, 2.45) is 0 Å². The molecule has 6 nitrogen and oxygen atoms in total. The number of carbonyl (C=O) groups excluding carboxylic acids is 2. The van der Waals surface area contributed by atoms with E-state index in [4.69, 9.17) is 15.2 Å². The Hall–Kier alpha value is -2.24. The Kier molecular flexibility index (Phi) is 5.03. The Morgan fingerprint density at radius 3 is 2.95 bits per heavy atom. The molecule has 0 aromatic heterocycles. The fourth-order valence-corrected chi connectivity index (χ4v) is 2.38. The van der Waals surface area contributed by atoms with Gasteiger partial charge in [0.25, 0.3) is 5.91 Å². The number of amides is 1. The number of rotatable bonds is 5. The van der Waals surface area contributed by atoms with E-state index >= 15 is 0 Å². The van der Waals surface area contributed by atoms with Crippen LogP contribution in [-0.2, 0) is 14.3 Å². The SMILES string of the molecule is CCOC(=O)C1CCCN1C(=O)COc1cccc(N)c1. The Bertz CT molecular complexity index is 518. The van der Waals surface area contributed by atoms with Crippen LogP contribution in [0, 0.1) is 0 Å². The fraction of sp³-hybridized carbons (Fsp3) is 0.467. The number of likely N-dealkylation sites (tertiary alicyclic amines) is 1. The summed E-state index contributed by atoms with van der Waals surface area (Å²) in [5.41, 5.74) is 6.22. The van der Waals surface area contributed by atoms with Gasteiger partial charge in [0.05, 0.1) is 6.61 Å². The highest BCUT2D eigenvalue weighted by molar-refractivity contribution is 5.86. The number of hydrogen-bond donors (Lipinski definition) is 1. The molecule has 0 saturated carbocycles. The minimum Gasteiger partial charge on any atom is -0.484 e. The van der Waals surface area contributed by atoms with E-state index in [0.717, 1.165) is 6.42 Å². The zero-order chi connectivity index (χ0) is 15.2. The molecule has 21 heavy (non-hydrogen) atoms. The number of esters is 1. The minimum atomic E-state index is -0.484. The third-order valence-corrected chi connectivity index (χ3v) is 3.35. The summed E-state index contributed by atoms with van der Waals surface area (Å²) in [4.78, 5) is 25.5. The average Bonchev–Trinajstić information content (AvgIpc) is 2.94. The monoisotopic (exact) mass is 292 g/mol. The van der Waals surface area contributed by atoms with Gasteiger partial charge in [0.15, 0.2) is 6.61 Å². The van der Waals surface area contributed by atoms with Gasteiger partial charge in [-0.05, 0) is 31.9 Å². The maximum Gasteiger partial charge on any atom is 0.328 e. The van der Waals surface area contributed by atoms with Crippen LogP contribution < -0.4 is 10.5 Å². The highest BCUT2D eigenvalue weighted by atomic mass is 16.5. The first kappa shape index (κ1) is 15.2. The van der Waals surface area contributed by atoms with Crippen LogP contribution in [0.5, 0.6) is 5.75 Å². The van der Waals surface area contributed by atoms with Gasteiger partial charge in [-0.1, -0.05) is 6.07 Å². The van der Waals surface area contributed by atoms with E-state index in [1.54, 1.807) is 31.2 Å². The van der Waals surface area contributed by atoms with Crippen molar-refractivity contribution in [1.82, 2.24) is 4.90 Å². The lowest BCUT2D eigenvalue weighted by atomic mass is 10.2. The smallest absolute Gasteiger partial charge is 0.328 e. The summed E-state index contributed by atoms with van der Waals surface area (Å²) in [5.74, 6) is -0.0180. The summed E-state index contributed by atoms with van der Waals surface area (Å²) in [7, 11) is 0. The van der Waals surface area contributed by atoms with Crippen LogP contribution in [0.1, 0.15) is 19.8 Å². The Morgan fingerprint density at radius 2 is 2.24 bits per heavy atom. The molecule has 1 atom stereocenters. The van der Waals surface area contributed by atoms with Crippen molar-refractivity contribution in [2.75, 3.05) is 25.5 Å². The lowest BCUT2D eigenvalue weighted by Gasteiger charge is -2.23. The Labute approximate surface area is 123 Å². The third kappa shape index (κ3) is 3.87. The molecule has 2 N–H and O–H groups in total. The summed E-state index contributed by atoms with van der Waals surface area (Å²) in [6.45, 7) is 2.51. The average molecular weight is 292 g/mol. The van der Waals surface area contributed by atoms with Gasteiger partial charge in [-0.15, -0.1) is 0 Å².